The number of unbranched alkanes of at least 4 members (excludes halogenated alkanes) is 1. The lowest BCUT2D eigenvalue weighted by Gasteiger charge is -2.14. The third-order valence-electron chi connectivity index (χ3n) is 4.93. The minimum Gasteiger partial charge on any atom is -0.497 e. The third kappa shape index (κ3) is 3.69. The van der Waals surface area contributed by atoms with E-state index in [0.717, 1.165) is 30.3 Å². The van der Waals surface area contributed by atoms with Crippen molar-refractivity contribution in [2.24, 2.45) is 0 Å². The van der Waals surface area contributed by atoms with E-state index in [1.807, 2.05) is 29.7 Å². The van der Waals surface area contributed by atoms with Gasteiger partial charge in [0.15, 0.2) is 0 Å². The summed E-state index contributed by atoms with van der Waals surface area (Å²) < 4.78 is 33.4. The maximum absolute atomic E-state index is 13.2. The van der Waals surface area contributed by atoms with Gasteiger partial charge < -0.3 is 9.30 Å². The van der Waals surface area contributed by atoms with Crippen LogP contribution in [0.15, 0.2) is 63.2 Å². The number of benzene rings is 2. The van der Waals surface area contributed by atoms with E-state index < -0.39 is 15.3 Å². The highest BCUT2D eigenvalue weighted by atomic mass is 32.2. The molecule has 0 aliphatic heterocycles. The van der Waals surface area contributed by atoms with Crippen LogP contribution in [0.4, 0.5) is 0 Å². The van der Waals surface area contributed by atoms with Crippen LogP contribution in [0, 0.1) is 0 Å². The molecule has 3 rings (SSSR count). The molecule has 2 aromatic carbocycles. The molecule has 0 spiro atoms. The smallest absolute Gasteiger partial charge is 0.211 e. The van der Waals surface area contributed by atoms with E-state index in [2.05, 4.69) is 6.92 Å². The summed E-state index contributed by atoms with van der Waals surface area (Å²) in [7, 11) is -2.42. The minimum atomic E-state index is -3.94. The first kappa shape index (κ1) is 20.1. The highest BCUT2D eigenvalue weighted by Gasteiger charge is 2.24. The summed E-state index contributed by atoms with van der Waals surface area (Å²) >= 11 is 0. The van der Waals surface area contributed by atoms with E-state index in [1.165, 1.54) is 25.4 Å². The fourth-order valence-corrected chi connectivity index (χ4v) is 4.59. The Morgan fingerprint density at radius 1 is 1.04 bits per heavy atom. The number of hydrogen-bond acceptors (Lipinski definition) is 4. The normalized spacial score (nSPS) is 11.7. The second kappa shape index (κ2) is 8.19. The molecule has 0 bridgehead atoms. The largest absolute Gasteiger partial charge is 0.497 e. The van der Waals surface area contributed by atoms with Crippen molar-refractivity contribution in [1.29, 1.82) is 0 Å². The summed E-state index contributed by atoms with van der Waals surface area (Å²) in [5.41, 5.74) is 1.32. The SMILES string of the molecule is CCCCn1cc(S(=O)(=O)c2ccc(OC)cc2)c(=O)c2cc(CC)ccc21. The molecule has 0 aliphatic rings. The Kier molecular flexibility index (Phi) is 5.89. The summed E-state index contributed by atoms with van der Waals surface area (Å²) in [5.74, 6) is 0.561. The predicted molar refractivity (Wildman–Crippen MR) is 111 cm³/mol. The second-order valence-corrected chi connectivity index (χ2v) is 8.67. The third-order valence-corrected chi connectivity index (χ3v) is 6.69. The topological polar surface area (TPSA) is 65.4 Å². The summed E-state index contributed by atoms with van der Waals surface area (Å²) in [5, 5.41) is 0.449. The first-order valence-corrected chi connectivity index (χ1v) is 11.0. The lowest BCUT2D eigenvalue weighted by atomic mass is 10.1. The molecule has 0 radical (unpaired) electrons. The first-order chi connectivity index (χ1) is 13.4. The zero-order valence-corrected chi connectivity index (χ0v) is 17.3. The van der Waals surface area contributed by atoms with Crippen molar-refractivity contribution in [1.82, 2.24) is 4.57 Å². The van der Waals surface area contributed by atoms with E-state index in [9.17, 15) is 13.2 Å². The number of methoxy groups -OCH3 is 1. The molecule has 0 fully saturated rings. The van der Waals surface area contributed by atoms with Crippen LogP contribution in [-0.4, -0.2) is 20.1 Å². The number of hydrogen-bond donors (Lipinski definition) is 0. The quantitative estimate of drug-likeness (QED) is 0.597. The number of aromatic nitrogens is 1. The summed E-state index contributed by atoms with van der Waals surface area (Å²) in [6, 6.07) is 11.8. The molecule has 0 amide bonds. The molecule has 0 atom stereocenters. The van der Waals surface area contributed by atoms with Crippen LogP contribution in [0.3, 0.4) is 0 Å². The van der Waals surface area contributed by atoms with Crippen molar-refractivity contribution in [3.63, 3.8) is 0 Å². The van der Waals surface area contributed by atoms with Gasteiger partial charge in [-0.3, -0.25) is 4.79 Å². The Balaban J connectivity index is 2.26. The van der Waals surface area contributed by atoms with Gasteiger partial charge in [0.05, 0.1) is 17.5 Å². The molecule has 1 aromatic heterocycles. The van der Waals surface area contributed by atoms with Gasteiger partial charge in [0, 0.05) is 18.1 Å². The van der Waals surface area contributed by atoms with Gasteiger partial charge in [-0.15, -0.1) is 0 Å². The first-order valence-electron chi connectivity index (χ1n) is 9.47. The Bertz CT molecular complexity index is 1150. The molecule has 148 valence electrons. The number of ether oxygens (including phenoxy) is 1. The Morgan fingerprint density at radius 3 is 2.36 bits per heavy atom. The maximum atomic E-state index is 13.2. The summed E-state index contributed by atoms with van der Waals surface area (Å²) in [4.78, 5) is 13.0. The molecule has 0 N–H and O–H groups in total. The fourth-order valence-electron chi connectivity index (χ4n) is 3.22. The van der Waals surface area contributed by atoms with E-state index in [1.54, 1.807) is 12.1 Å². The molecule has 0 unspecified atom stereocenters. The van der Waals surface area contributed by atoms with Crippen molar-refractivity contribution < 1.29 is 13.2 Å². The minimum absolute atomic E-state index is 0.0819. The summed E-state index contributed by atoms with van der Waals surface area (Å²) in [6.07, 6.45) is 4.14. The Labute approximate surface area is 165 Å². The average molecular weight is 400 g/mol. The molecule has 6 heteroatoms. The van der Waals surface area contributed by atoms with Crippen molar-refractivity contribution >= 4 is 20.7 Å². The van der Waals surface area contributed by atoms with E-state index in [4.69, 9.17) is 4.74 Å². The average Bonchev–Trinajstić information content (AvgIpc) is 2.72. The van der Waals surface area contributed by atoms with Crippen LogP contribution in [0.5, 0.6) is 5.75 Å². The van der Waals surface area contributed by atoms with Gasteiger partial charge in [-0.2, -0.15) is 0 Å². The molecule has 3 aromatic rings. The second-order valence-electron chi connectivity index (χ2n) is 6.75. The number of aryl methyl sites for hydroxylation is 2. The monoisotopic (exact) mass is 399 g/mol. The standard InChI is InChI=1S/C22H25NO4S/c1-4-6-13-23-15-21(22(24)19-14-16(5-2)7-12-20(19)23)28(25,26)18-10-8-17(27-3)9-11-18/h7-12,14-15H,4-6,13H2,1-3H3. The van der Waals surface area contributed by atoms with Crippen molar-refractivity contribution in [2.45, 2.75) is 49.4 Å². The van der Waals surface area contributed by atoms with E-state index in [-0.39, 0.29) is 9.79 Å². The highest BCUT2D eigenvalue weighted by Crippen LogP contribution is 2.24. The maximum Gasteiger partial charge on any atom is 0.211 e. The van der Waals surface area contributed by atoms with Crippen LogP contribution >= 0.6 is 0 Å². The Morgan fingerprint density at radius 2 is 1.75 bits per heavy atom. The number of pyridine rings is 1. The molecule has 5 nitrogen and oxygen atoms in total. The van der Waals surface area contributed by atoms with Gasteiger partial charge in [-0.25, -0.2) is 8.42 Å². The van der Waals surface area contributed by atoms with Crippen LogP contribution < -0.4 is 10.2 Å². The molecule has 28 heavy (non-hydrogen) atoms. The summed E-state index contributed by atoms with van der Waals surface area (Å²) in [6.45, 7) is 4.74. The van der Waals surface area contributed by atoms with Crippen LogP contribution in [0.2, 0.25) is 0 Å². The van der Waals surface area contributed by atoms with Crippen molar-refractivity contribution in [2.75, 3.05) is 7.11 Å². The van der Waals surface area contributed by atoms with Gasteiger partial charge in [0.25, 0.3) is 0 Å². The number of fused-ring (bicyclic) bond motifs is 1. The molecule has 0 saturated carbocycles. The predicted octanol–water partition coefficient (Wildman–Crippen LogP) is 4.21. The highest BCUT2D eigenvalue weighted by molar-refractivity contribution is 7.91. The van der Waals surface area contributed by atoms with Crippen molar-refractivity contribution in [3.05, 3.63) is 64.4 Å². The number of sulfone groups is 1. The van der Waals surface area contributed by atoms with Crippen molar-refractivity contribution in [3.8, 4) is 5.75 Å². The molecular weight excluding hydrogens is 374 g/mol. The van der Waals surface area contributed by atoms with Gasteiger partial charge in [0.1, 0.15) is 10.6 Å². The zero-order chi connectivity index (χ0) is 20.3. The molecular formula is C22H25NO4S. The lowest BCUT2D eigenvalue weighted by molar-refractivity contribution is 0.414. The van der Waals surface area contributed by atoms with Gasteiger partial charge in [0.2, 0.25) is 15.3 Å². The molecule has 1 heterocycles. The van der Waals surface area contributed by atoms with Crippen LogP contribution in [0.25, 0.3) is 10.9 Å². The van der Waals surface area contributed by atoms with Gasteiger partial charge in [-0.05, 0) is 54.8 Å². The van der Waals surface area contributed by atoms with Gasteiger partial charge >= 0.3 is 0 Å². The molecule has 0 saturated heterocycles. The van der Waals surface area contributed by atoms with Gasteiger partial charge in [-0.1, -0.05) is 26.3 Å². The van der Waals surface area contributed by atoms with Crippen LogP contribution in [-0.2, 0) is 22.8 Å². The van der Waals surface area contributed by atoms with E-state index >= 15 is 0 Å². The Hall–Kier alpha value is -2.60. The van der Waals surface area contributed by atoms with E-state index in [0.29, 0.717) is 17.7 Å². The molecule has 0 aliphatic carbocycles. The lowest BCUT2D eigenvalue weighted by Crippen LogP contribution is -2.19. The fraction of sp³-hybridized carbons (Fsp3) is 0.318. The van der Waals surface area contributed by atoms with Crippen LogP contribution in [0.1, 0.15) is 32.3 Å². The zero-order valence-electron chi connectivity index (χ0n) is 16.4. The number of rotatable bonds is 7. The number of nitrogens with zero attached hydrogens (tertiary/aromatic N) is 1.